The molecule has 1 fully saturated rings. The van der Waals surface area contributed by atoms with Crippen LogP contribution in [-0.4, -0.2) is 18.6 Å². The molecule has 0 spiro atoms. The number of benzene rings is 1. The minimum absolute atomic E-state index is 0.134. The van der Waals surface area contributed by atoms with E-state index in [2.05, 4.69) is 11.4 Å². The zero-order valence-electron chi connectivity index (χ0n) is 8.13. The standard InChI is InChI=1S/C11H11FNO2/c12-8-3-1-4-9(7-8)15-10-5-2-6-13-11(10)14/h3-4,7,10H,2,5-6H2,(H,13,14). The third-order valence-corrected chi connectivity index (χ3v) is 2.24. The summed E-state index contributed by atoms with van der Waals surface area (Å²) >= 11 is 0. The summed E-state index contributed by atoms with van der Waals surface area (Å²) in [4.78, 5) is 11.3. The Morgan fingerprint density at radius 2 is 2.40 bits per heavy atom. The van der Waals surface area contributed by atoms with Crippen LogP contribution in [-0.2, 0) is 4.79 Å². The van der Waals surface area contributed by atoms with Gasteiger partial charge in [0, 0.05) is 12.6 Å². The normalized spacial score (nSPS) is 20.9. The number of piperidine rings is 1. The Bertz CT molecular complexity index is 367. The molecule has 1 aliphatic heterocycles. The van der Waals surface area contributed by atoms with Crippen molar-refractivity contribution in [2.45, 2.75) is 18.9 Å². The van der Waals surface area contributed by atoms with E-state index in [0.29, 0.717) is 18.7 Å². The summed E-state index contributed by atoms with van der Waals surface area (Å²) in [5.41, 5.74) is 0. The van der Waals surface area contributed by atoms with E-state index in [1.807, 2.05) is 0 Å². The first-order valence-corrected chi connectivity index (χ1v) is 4.87. The smallest absolute Gasteiger partial charge is 0.261 e. The van der Waals surface area contributed by atoms with Gasteiger partial charge in [0.25, 0.3) is 5.91 Å². The van der Waals surface area contributed by atoms with Gasteiger partial charge in [-0.15, -0.1) is 0 Å². The van der Waals surface area contributed by atoms with Gasteiger partial charge in [0.2, 0.25) is 0 Å². The average Bonchev–Trinajstić information content (AvgIpc) is 2.22. The van der Waals surface area contributed by atoms with Crippen LogP contribution in [0.25, 0.3) is 0 Å². The highest BCUT2D eigenvalue weighted by atomic mass is 19.1. The second-order valence-electron chi connectivity index (χ2n) is 3.43. The summed E-state index contributed by atoms with van der Waals surface area (Å²) in [5.74, 6) is -0.203. The van der Waals surface area contributed by atoms with Gasteiger partial charge in [0.05, 0.1) is 0 Å². The molecule has 1 amide bonds. The van der Waals surface area contributed by atoms with Crippen molar-refractivity contribution < 1.29 is 13.9 Å². The van der Waals surface area contributed by atoms with Crippen molar-refractivity contribution in [2.24, 2.45) is 0 Å². The number of amides is 1. The summed E-state index contributed by atoms with van der Waals surface area (Å²) in [6.45, 7) is 0.688. The number of carbonyl (C=O) groups excluding carboxylic acids is 1. The van der Waals surface area contributed by atoms with E-state index in [0.717, 1.165) is 6.42 Å². The van der Waals surface area contributed by atoms with Crippen LogP contribution in [0.3, 0.4) is 0 Å². The first-order valence-electron chi connectivity index (χ1n) is 4.87. The lowest BCUT2D eigenvalue weighted by molar-refractivity contribution is -0.129. The van der Waals surface area contributed by atoms with Gasteiger partial charge in [-0.25, -0.2) is 4.39 Å². The fourth-order valence-corrected chi connectivity index (χ4v) is 1.51. The number of ether oxygens (including phenoxy) is 1. The van der Waals surface area contributed by atoms with Crippen LogP contribution in [0.15, 0.2) is 18.2 Å². The van der Waals surface area contributed by atoms with Crippen LogP contribution in [0, 0.1) is 11.9 Å². The van der Waals surface area contributed by atoms with Crippen molar-refractivity contribution in [1.29, 1.82) is 0 Å². The number of carbonyl (C=O) groups is 1. The van der Waals surface area contributed by atoms with Crippen molar-refractivity contribution in [3.63, 3.8) is 0 Å². The fourth-order valence-electron chi connectivity index (χ4n) is 1.51. The molecular weight excluding hydrogens is 197 g/mol. The first-order chi connectivity index (χ1) is 7.25. The molecule has 3 nitrogen and oxygen atoms in total. The van der Waals surface area contributed by atoms with E-state index < -0.39 is 11.9 Å². The molecule has 1 atom stereocenters. The van der Waals surface area contributed by atoms with Gasteiger partial charge in [0.15, 0.2) is 6.10 Å². The van der Waals surface area contributed by atoms with Crippen LogP contribution in [0.4, 0.5) is 4.39 Å². The van der Waals surface area contributed by atoms with Crippen molar-refractivity contribution in [3.05, 3.63) is 30.1 Å². The van der Waals surface area contributed by atoms with E-state index in [1.54, 1.807) is 0 Å². The second-order valence-corrected chi connectivity index (χ2v) is 3.43. The maximum Gasteiger partial charge on any atom is 0.261 e. The molecule has 1 aromatic carbocycles. The molecule has 1 unspecified atom stereocenters. The van der Waals surface area contributed by atoms with E-state index >= 15 is 0 Å². The molecule has 4 heteroatoms. The van der Waals surface area contributed by atoms with Gasteiger partial charge in [-0.3, -0.25) is 4.79 Å². The SMILES string of the molecule is O=C1NCCCC1Oc1c[c]cc(F)c1. The number of halogens is 1. The Balaban J connectivity index is 2.04. The molecule has 1 N–H and O–H groups in total. The lowest BCUT2D eigenvalue weighted by Gasteiger charge is -2.22. The van der Waals surface area contributed by atoms with E-state index in [-0.39, 0.29) is 5.91 Å². The van der Waals surface area contributed by atoms with Gasteiger partial charge in [-0.1, -0.05) is 0 Å². The Labute approximate surface area is 87.2 Å². The maximum atomic E-state index is 12.8. The molecule has 2 rings (SSSR count). The summed E-state index contributed by atoms with van der Waals surface area (Å²) in [6.07, 6.45) is 1.05. The molecule has 1 saturated heterocycles. The predicted octanol–water partition coefficient (Wildman–Crippen LogP) is 1.28. The Kier molecular flexibility index (Phi) is 2.85. The molecule has 0 bridgehead atoms. The summed E-state index contributed by atoms with van der Waals surface area (Å²) in [7, 11) is 0. The zero-order valence-corrected chi connectivity index (χ0v) is 8.13. The van der Waals surface area contributed by atoms with E-state index in [9.17, 15) is 9.18 Å². The number of nitrogens with one attached hydrogen (secondary N) is 1. The minimum Gasteiger partial charge on any atom is -0.480 e. The van der Waals surface area contributed by atoms with Crippen LogP contribution in [0.2, 0.25) is 0 Å². The van der Waals surface area contributed by atoms with Crippen LogP contribution >= 0.6 is 0 Å². The van der Waals surface area contributed by atoms with Crippen molar-refractivity contribution in [3.8, 4) is 5.75 Å². The average molecular weight is 208 g/mol. The van der Waals surface area contributed by atoms with Crippen LogP contribution in [0.1, 0.15) is 12.8 Å². The summed E-state index contributed by atoms with van der Waals surface area (Å²) in [6, 6.07) is 6.59. The largest absolute Gasteiger partial charge is 0.480 e. The maximum absolute atomic E-state index is 12.8. The van der Waals surface area contributed by atoms with Gasteiger partial charge in [0.1, 0.15) is 11.6 Å². The molecule has 0 aromatic heterocycles. The van der Waals surface area contributed by atoms with Crippen molar-refractivity contribution >= 4 is 5.91 Å². The van der Waals surface area contributed by atoms with E-state index in [4.69, 9.17) is 4.74 Å². The minimum atomic E-state index is -0.506. The molecule has 0 aliphatic carbocycles. The molecular formula is C11H11FNO2. The van der Waals surface area contributed by atoms with Crippen molar-refractivity contribution in [2.75, 3.05) is 6.54 Å². The van der Waals surface area contributed by atoms with E-state index in [1.165, 1.54) is 18.2 Å². The highest BCUT2D eigenvalue weighted by Crippen LogP contribution is 2.16. The lowest BCUT2D eigenvalue weighted by Crippen LogP contribution is -2.43. The van der Waals surface area contributed by atoms with Gasteiger partial charge in [-0.2, -0.15) is 0 Å². The number of hydrogen-bond acceptors (Lipinski definition) is 2. The highest BCUT2D eigenvalue weighted by molar-refractivity contribution is 5.81. The zero-order chi connectivity index (χ0) is 10.7. The third-order valence-electron chi connectivity index (χ3n) is 2.24. The highest BCUT2D eigenvalue weighted by Gasteiger charge is 2.23. The van der Waals surface area contributed by atoms with Gasteiger partial charge < -0.3 is 10.1 Å². The Morgan fingerprint density at radius 1 is 1.53 bits per heavy atom. The topological polar surface area (TPSA) is 38.3 Å². The molecule has 1 aliphatic rings. The molecule has 15 heavy (non-hydrogen) atoms. The molecule has 0 saturated carbocycles. The monoisotopic (exact) mass is 208 g/mol. The second kappa shape index (κ2) is 4.29. The van der Waals surface area contributed by atoms with Crippen LogP contribution < -0.4 is 10.1 Å². The van der Waals surface area contributed by atoms with Crippen LogP contribution in [0.5, 0.6) is 5.75 Å². The fraction of sp³-hybridized carbons (Fsp3) is 0.364. The Morgan fingerprint density at radius 3 is 3.13 bits per heavy atom. The first kappa shape index (κ1) is 9.96. The summed E-state index contributed by atoms with van der Waals surface area (Å²) < 4.78 is 18.2. The Hall–Kier alpha value is -1.58. The predicted molar refractivity (Wildman–Crippen MR) is 51.9 cm³/mol. The third kappa shape index (κ3) is 2.46. The molecule has 1 heterocycles. The van der Waals surface area contributed by atoms with Gasteiger partial charge in [-0.05, 0) is 31.0 Å². The summed E-state index contributed by atoms with van der Waals surface area (Å²) in [5, 5.41) is 2.70. The number of hydrogen-bond donors (Lipinski definition) is 1. The van der Waals surface area contributed by atoms with Crippen molar-refractivity contribution in [1.82, 2.24) is 5.32 Å². The van der Waals surface area contributed by atoms with Gasteiger partial charge >= 0.3 is 0 Å². The number of rotatable bonds is 2. The quantitative estimate of drug-likeness (QED) is 0.795. The molecule has 1 aromatic rings. The molecule has 79 valence electrons. The molecule has 1 radical (unpaired) electrons. The lowest BCUT2D eigenvalue weighted by atomic mass is 10.1.